The first-order chi connectivity index (χ1) is 9.90. The van der Waals surface area contributed by atoms with Crippen LogP contribution in [-0.4, -0.2) is 12.9 Å². The fraction of sp³-hybridized carbons (Fsp3) is 0.500. The average molecular weight is 285 g/mol. The number of hydrogen-bond acceptors (Lipinski definition) is 3. The van der Waals surface area contributed by atoms with Gasteiger partial charge in [-0.25, -0.2) is 0 Å². The Bertz CT molecular complexity index is 600. The van der Waals surface area contributed by atoms with E-state index in [-0.39, 0.29) is 10.8 Å². The highest BCUT2D eigenvalue weighted by Gasteiger charge is 2.63. The molecular formula is C18H23NO2. The smallest absolute Gasteiger partial charge is 0.167 e. The van der Waals surface area contributed by atoms with Gasteiger partial charge in [-0.3, -0.25) is 4.79 Å². The molecule has 0 unspecified atom stereocenters. The van der Waals surface area contributed by atoms with Crippen molar-refractivity contribution in [1.29, 1.82) is 0 Å². The number of methoxy groups -OCH3 is 1. The van der Waals surface area contributed by atoms with Crippen LogP contribution in [0.25, 0.3) is 0 Å². The van der Waals surface area contributed by atoms with Gasteiger partial charge in [-0.2, -0.15) is 0 Å². The summed E-state index contributed by atoms with van der Waals surface area (Å²) in [5.74, 6) is 1.53. The molecule has 0 radical (unpaired) electrons. The molecule has 2 aliphatic carbocycles. The van der Waals surface area contributed by atoms with E-state index in [2.05, 4.69) is 26.1 Å². The van der Waals surface area contributed by atoms with Crippen molar-refractivity contribution in [3.8, 4) is 5.75 Å². The average Bonchev–Trinajstić information content (AvgIpc) is 2.78. The minimum atomic E-state index is -0.189. The van der Waals surface area contributed by atoms with Gasteiger partial charge in [-0.15, -0.1) is 0 Å². The topological polar surface area (TPSA) is 38.3 Å². The molecule has 2 aliphatic rings. The standard InChI is InChI=1S/C18H23NO2/c1-17(2)15-9-10-18(17,3)16(20)14(15)11-19-12-5-7-13(21-4)8-6-12/h5-8,11,15,19H,9-10H2,1-4H3/b14-11-/t15-,18-/m1/s1. The van der Waals surface area contributed by atoms with Gasteiger partial charge in [0.05, 0.1) is 7.11 Å². The maximum absolute atomic E-state index is 12.7. The zero-order chi connectivity index (χ0) is 15.3. The molecule has 1 aromatic carbocycles. The Balaban J connectivity index is 1.83. The van der Waals surface area contributed by atoms with Crippen LogP contribution in [-0.2, 0) is 4.79 Å². The Morgan fingerprint density at radius 3 is 2.43 bits per heavy atom. The predicted octanol–water partition coefficient (Wildman–Crippen LogP) is 4.02. The summed E-state index contributed by atoms with van der Waals surface area (Å²) >= 11 is 0. The van der Waals surface area contributed by atoms with Crippen LogP contribution in [0.1, 0.15) is 33.6 Å². The maximum Gasteiger partial charge on any atom is 0.167 e. The molecule has 0 aliphatic heterocycles. The second-order valence-corrected chi connectivity index (χ2v) is 6.95. The van der Waals surface area contributed by atoms with E-state index in [1.165, 1.54) is 0 Å². The largest absolute Gasteiger partial charge is 0.497 e. The number of hydrogen-bond donors (Lipinski definition) is 1. The van der Waals surface area contributed by atoms with Gasteiger partial charge in [-0.05, 0) is 48.4 Å². The summed E-state index contributed by atoms with van der Waals surface area (Å²) in [6, 6.07) is 7.74. The lowest BCUT2D eigenvalue weighted by molar-refractivity contribution is -0.125. The summed E-state index contributed by atoms with van der Waals surface area (Å²) in [6.45, 7) is 6.59. The molecule has 0 spiro atoms. The first kappa shape index (κ1) is 14.2. The fourth-order valence-electron chi connectivity index (χ4n) is 3.94. The summed E-state index contributed by atoms with van der Waals surface area (Å²) in [6.07, 6.45) is 4.05. The van der Waals surface area contributed by atoms with Crippen molar-refractivity contribution in [2.75, 3.05) is 12.4 Å². The van der Waals surface area contributed by atoms with Crippen molar-refractivity contribution in [3.63, 3.8) is 0 Å². The van der Waals surface area contributed by atoms with Crippen molar-refractivity contribution >= 4 is 11.5 Å². The third kappa shape index (κ3) is 1.90. The Morgan fingerprint density at radius 1 is 1.24 bits per heavy atom. The molecule has 1 aromatic rings. The molecule has 2 atom stereocenters. The molecule has 3 nitrogen and oxygen atoms in total. The molecule has 3 heteroatoms. The van der Waals surface area contributed by atoms with E-state index in [4.69, 9.17) is 4.74 Å². The van der Waals surface area contributed by atoms with Crippen molar-refractivity contribution in [2.45, 2.75) is 33.6 Å². The lowest BCUT2D eigenvalue weighted by Crippen LogP contribution is -2.32. The van der Waals surface area contributed by atoms with E-state index in [0.717, 1.165) is 29.9 Å². The van der Waals surface area contributed by atoms with E-state index in [9.17, 15) is 4.79 Å². The molecule has 2 saturated carbocycles. The van der Waals surface area contributed by atoms with E-state index in [1.54, 1.807) is 7.11 Å². The Labute approximate surface area is 126 Å². The molecule has 21 heavy (non-hydrogen) atoms. The summed E-state index contributed by atoms with van der Waals surface area (Å²) in [7, 11) is 1.65. The van der Waals surface area contributed by atoms with Gasteiger partial charge in [0.2, 0.25) is 0 Å². The number of ketones is 1. The SMILES string of the molecule is COc1ccc(N/C=C2\C(=O)[C@@]3(C)CC[C@H]2C3(C)C)cc1. The van der Waals surface area contributed by atoms with Crippen molar-refractivity contribution in [3.05, 3.63) is 36.0 Å². The summed E-state index contributed by atoms with van der Waals surface area (Å²) in [5.41, 5.74) is 1.81. The molecule has 0 heterocycles. The van der Waals surface area contributed by atoms with Gasteiger partial charge in [0.1, 0.15) is 5.75 Å². The Kier molecular flexibility index (Phi) is 3.12. The number of fused-ring (bicyclic) bond motifs is 2. The number of allylic oxidation sites excluding steroid dienone is 1. The highest BCUT2D eigenvalue weighted by atomic mass is 16.5. The fourth-order valence-corrected chi connectivity index (χ4v) is 3.94. The molecule has 2 bridgehead atoms. The predicted molar refractivity (Wildman–Crippen MR) is 84.3 cm³/mol. The van der Waals surface area contributed by atoms with Gasteiger partial charge in [-0.1, -0.05) is 20.8 Å². The summed E-state index contributed by atoms with van der Waals surface area (Å²) < 4.78 is 5.15. The monoisotopic (exact) mass is 285 g/mol. The van der Waals surface area contributed by atoms with Gasteiger partial charge >= 0.3 is 0 Å². The number of benzene rings is 1. The van der Waals surface area contributed by atoms with Gasteiger partial charge in [0.25, 0.3) is 0 Å². The number of ether oxygens (including phenoxy) is 1. The van der Waals surface area contributed by atoms with E-state index >= 15 is 0 Å². The highest BCUT2D eigenvalue weighted by Crippen LogP contribution is 2.65. The van der Waals surface area contributed by atoms with Crippen LogP contribution in [0.15, 0.2) is 36.0 Å². The second kappa shape index (κ2) is 4.62. The second-order valence-electron chi connectivity index (χ2n) is 6.95. The summed E-state index contributed by atoms with van der Waals surface area (Å²) in [5, 5.41) is 3.27. The Morgan fingerprint density at radius 2 is 1.90 bits per heavy atom. The van der Waals surface area contributed by atoms with Gasteiger partial charge < -0.3 is 10.1 Å². The van der Waals surface area contributed by atoms with E-state index in [1.807, 2.05) is 30.5 Å². The first-order valence-electron chi connectivity index (χ1n) is 7.55. The van der Waals surface area contributed by atoms with Crippen LogP contribution < -0.4 is 10.1 Å². The number of anilines is 1. The zero-order valence-corrected chi connectivity index (χ0v) is 13.2. The maximum atomic E-state index is 12.7. The zero-order valence-electron chi connectivity index (χ0n) is 13.2. The molecule has 1 N–H and O–H groups in total. The molecular weight excluding hydrogens is 262 g/mol. The minimum absolute atomic E-state index is 0.0670. The molecule has 0 saturated heterocycles. The van der Waals surface area contributed by atoms with Crippen molar-refractivity contribution in [2.24, 2.45) is 16.7 Å². The van der Waals surface area contributed by atoms with Gasteiger partial charge in [0, 0.05) is 22.9 Å². The number of carbonyl (C=O) groups is 1. The normalized spacial score (nSPS) is 31.7. The minimum Gasteiger partial charge on any atom is -0.497 e. The molecule has 2 fully saturated rings. The van der Waals surface area contributed by atoms with Crippen molar-refractivity contribution in [1.82, 2.24) is 0 Å². The number of nitrogens with one attached hydrogen (secondary N) is 1. The molecule has 0 amide bonds. The van der Waals surface area contributed by atoms with E-state index < -0.39 is 0 Å². The lowest BCUT2D eigenvalue weighted by atomic mass is 9.70. The number of carbonyl (C=O) groups excluding carboxylic acids is 1. The van der Waals surface area contributed by atoms with Crippen LogP contribution in [0.2, 0.25) is 0 Å². The van der Waals surface area contributed by atoms with Crippen LogP contribution in [0, 0.1) is 16.7 Å². The van der Waals surface area contributed by atoms with Crippen molar-refractivity contribution < 1.29 is 9.53 Å². The first-order valence-corrected chi connectivity index (χ1v) is 7.55. The van der Waals surface area contributed by atoms with Gasteiger partial charge in [0.15, 0.2) is 5.78 Å². The molecule has 0 aromatic heterocycles. The number of Topliss-reactive ketones (excluding diaryl/α,β-unsaturated/α-hetero) is 1. The third-order valence-corrected chi connectivity index (χ3v) is 5.85. The lowest BCUT2D eigenvalue weighted by Gasteiger charge is -2.31. The van der Waals surface area contributed by atoms with Crippen LogP contribution >= 0.6 is 0 Å². The Hall–Kier alpha value is -1.77. The third-order valence-electron chi connectivity index (χ3n) is 5.85. The number of rotatable bonds is 3. The van der Waals surface area contributed by atoms with Crippen LogP contribution in [0.5, 0.6) is 5.75 Å². The van der Waals surface area contributed by atoms with Crippen LogP contribution in [0.3, 0.4) is 0 Å². The van der Waals surface area contributed by atoms with E-state index in [0.29, 0.717) is 11.7 Å². The molecule has 112 valence electrons. The quantitative estimate of drug-likeness (QED) is 0.853. The summed E-state index contributed by atoms with van der Waals surface area (Å²) in [4.78, 5) is 12.7. The molecule has 3 rings (SSSR count). The highest BCUT2D eigenvalue weighted by molar-refractivity contribution is 6.04. The van der Waals surface area contributed by atoms with Crippen LogP contribution in [0.4, 0.5) is 5.69 Å².